The van der Waals surface area contributed by atoms with Crippen LogP contribution in [0.4, 0.5) is 0 Å². The van der Waals surface area contributed by atoms with Crippen molar-refractivity contribution in [3.05, 3.63) is 99.0 Å². The van der Waals surface area contributed by atoms with Crippen LogP contribution >= 0.6 is 11.3 Å². The molecule has 28 heavy (non-hydrogen) atoms. The third kappa shape index (κ3) is 4.13. The van der Waals surface area contributed by atoms with Crippen LogP contribution < -0.4 is 15.7 Å². The number of amides is 1. The van der Waals surface area contributed by atoms with Crippen molar-refractivity contribution in [1.82, 2.24) is 5.32 Å². The molecule has 140 valence electrons. The number of hydrogen-bond donors (Lipinski definition) is 1. The maximum absolute atomic E-state index is 12.5. The summed E-state index contributed by atoms with van der Waals surface area (Å²) in [5.41, 5.74) is 1.00. The number of thiophene rings is 1. The normalized spacial score (nSPS) is 11.9. The Hall–Kier alpha value is -3.38. The molecule has 1 atom stereocenters. The fourth-order valence-electron chi connectivity index (χ4n) is 2.90. The Labute approximate surface area is 165 Å². The molecule has 1 N–H and O–H groups in total. The highest BCUT2D eigenvalue weighted by Crippen LogP contribution is 2.26. The average Bonchev–Trinajstić information content (AvgIpc) is 3.25. The molecule has 2 aromatic carbocycles. The van der Waals surface area contributed by atoms with E-state index in [2.05, 4.69) is 5.32 Å². The number of benzene rings is 2. The summed E-state index contributed by atoms with van der Waals surface area (Å²) >= 11 is 1.59. The lowest BCUT2D eigenvalue weighted by Gasteiger charge is -2.18. The quantitative estimate of drug-likeness (QED) is 0.502. The van der Waals surface area contributed by atoms with Crippen LogP contribution in [0.3, 0.4) is 0 Å². The molecule has 1 amide bonds. The predicted molar refractivity (Wildman–Crippen MR) is 109 cm³/mol. The fraction of sp³-hybridized carbons (Fsp3) is 0.0909. The molecule has 6 heteroatoms. The third-order valence-corrected chi connectivity index (χ3v) is 5.17. The van der Waals surface area contributed by atoms with Crippen LogP contribution in [0.25, 0.3) is 11.0 Å². The highest BCUT2D eigenvalue weighted by molar-refractivity contribution is 7.10. The molecule has 0 bridgehead atoms. The molecule has 0 saturated carbocycles. The Balaban J connectivity index is 1.46. The molecule has 2 heterocycles. The van der Waals surface area contributed by atoms with Crippen molar-refractivity contribution in [2.45, 2.75) is 6.04 Å². The monoisotopic (exact) mass is 391 g/mol. The summed E-state index contributed by atoms with van der Waals surface area (Å²) in [5.74, 6) is 0.223. The van der Waals surface area contributed by atoms with Gasteiger partial charge in [0.15, 0.2) is 6.61 Å². The molecule has 0 aliphatic carbocycles. The van der Waals surface area contributed by atoms with E-state index in [9.17, 15) is 9.59 Å². The molecule has 0 spiro atoms. The van der Waals surface area contributed by atoms with E-state index in [-0.39, 0.29) is 18.6 Å². The summed E-state index contributed by atoms with van der Waals surface area (Å²) in [5, 5.41) is 5.80. The number of rotatable bonds is 6. The molecule has 0 unspecified atom stereocenters. The highest BCUT2D eigenvalue weighted by atomic mass is 32.1. The van der Waals surface area contributed by atoms with Gasteiger partial charge in [0.1, 0.15) is 11.3 Å². The SMILES string of the molecule is O=C(COc1ccc2ccc(=O)oc2c1)N[C@@H](c1ccccc1)c1cccs1. The predicted octanol–water partition coefficient (Wildman–Crippen LogP) is 4.14. The Bertz CT molecular complexity index is 1140. The van der Waals surface area contributed by atoms with Crippen LogP contribution in [-0.4, -0.2) is 12.5 Å². The van der Waals surface area contributed by atoms with Crippen molar-refractivity contribution in [3.63, 3.8) is 0 Å². The largest absolute Gasteiger partial charge is 0.484 e. The van der Waals surface area contributed by atoms with E-state index in [0.717, 1.165) is 15.8 Å². The van der Waals surface area contributed by atoms with Crippen LogP contribution in [0, 0.1) is 0 Å². The van der Waals surface area contributed by atoms with Crippen LogP contribution in [0.1, 0.15) is 16.5 Å². The topological polar surface area (TPSA) is 68.5 Å². The van der Waals surface area contributed by atoms with Gasteiger partial charge in [0.25, 0.3) is 5.91 Å². The van der Waals surface area contributed by atoms with Crippen LogP contribution in [-0.2, 0) is 4.79 Å². The van der Waals surface area contributed by atoms with Gasteiger partial charge in [0.2, 0.25) is 0 Å². The first-order chi connectivity index (χ1) is 13.7. The molecule has 5 nitrogen and oxygen atoms in total. The summed E-state index contributed by atoms with van der Waals surface area (Å²) < 4.78 is 10.7. The first kappa shape index (κ1) is 18.0. The van der Waals surface area contributed by atoms with Crippen molar-refractivity contribution in [3.8, 4) is 5.75 Å². The molecule has 0 aliphatic heterocycles. The van der Waals surface area contributed by atoms with Gasteiger partial charge in [-0.15, -0.1) is 11.3 Å². The fourth-order valence-corrected chi connectivity index (χ4v) is 3.70. The summed E-state index contributed by atoms with van der Waals surface area (Å²) in [6.45, 7) is -0.142. The van der Waals surface area contributed by atoms with E-state index >= 15 is 0 Å². The van der Waals surface area contributed by atoms with E-state index in [1.54, 1.807) is 35.6 Å². The highest BCUT2D eigenvalue weighted by Gasteiger charge is 2.18. The zero-order chi connectivity index (χ0) is 19.3. The van der Waals surface area contributed by atoms with Gasteiger partial charge < -0.3 is 14.5 Å². The van der Waals surface area contributed by atoms with E-state index in [4.69, 9.17) is 9.15 Å². The van der Waals surface area contributed by atoms with Gasteiger partial charge in [0.05, 0.1) is 6.04 Å². The second kappa shape index (κ2) is 8.10. The van der Waals surface area contributed by atoms with E-state index < -0.39 is 5.63 Å². The minimum Gasteiger partial charge on any atom is -0.484 e. The Kier molecular flexibility index (Phi) is 5.21. The van der Waals surface area contributed by atoms with Gasteiger partial charge >= 0.3 is 5.63 Å². The maximum atomic E-state index is 12.5. The van der Waals surface area contributed by atoms with Crippen LogP contribution in [0.2, 0.25) is 0 Å². The van der Waals surface area contributed by atoms with Crippen molar-refractivity contribution < 1.29 is 13.9 Å². The van der Waals surface area contributed by atoms with E-state index in [1.807, 2.05) is 47.8 Å². The number of fused-ring (bicyclic) bond motifs is 1. The second-order valence-electron chi connectivity index (χ2n) is 6.17. The summed E-state index contributed by atoms with van der Waals surface area (Å²) in [6, 6.07) is 21.7. The summed E-state index contributed by atoms with van der Waals surface area (Å²) in [6.07, 6.45) is 0. The van der Waals surface area contributed by atoms with Gasteiger partial charge in [-0.25, -0.2) is 4.79 Å². The minimum absolute atomic E-state index is 0.142. The number of nitrogens with one attached hydrogen (secondary N) is 1. The first-order valence-corrected chi connectivity index (χ1v) is 9.61. The first-order valence-electron chi connectivity index (χ1n) is 8.73. The molecule has 0 radical (unpaired) electrons. The number of carbonyl (C=O) groups is 1. The van der Waals surface area contributed by atoms with Crippen molar-refractivity contribution >= 4 is 28.2 Å². The summed E-state index contributed by atoms with van der Waals surface area (Å²) in [4.78, 5) is 24.9. The Morgan fingerprint density at radius 1 is 1.04 bits per heavy atom. The standard InChI is InChI=1S/C22H17NO4S/c24-20(14-26-17-10-8-15-9-11-21(25)27-18(15)13-17)23-22(19-7-4-12-28-19)16-5-2-1-3-6-16/h1-13,22H,14H2,(H,23,24)/t22-/m0/s1. The number of hydrogen-bond acceptors (Lipinski definition) is 5. The zero-order valence-electron chi connectivity index (χ0n) is 14.8. The van der Waals surface area contributed by atoms with Gasteiger partial charge in [-0.2, -0.15) is 0 Å². The molecule has 0 fully saturated rings. The smallest absolute Gasteiger partial charge is 0.336 e. The molecule has 0 aliphatic rings. The molecular weight excluding hydrogens is 374 g/mol. The second-order valence-corrected chi connectivity index (χ2v) is 7.15. The Morgan fingerprint density at radius 2 is 1.86 bits per heavy atom. The Morgan fingerprint density at radius 3 is 2.64 bits per heavy atom. The number of ether oxygens (including phenoxy) is 1. The third-order valence-electron chi connectivity index (χ3n) is 4.23. The lowest BCUT2D eigenvalue weighted by molar-refractivity contribution is -0.123. The van der Waals surface area contributed by atoms with Gasteiger partial charge in [-0.3, -0.25) is 4.79 Å². The van der Waals surface area contributed by atoms with Crippen molar-refractivity contribution in [2.24, 2.45) is 0 Å². The van der Waals surface area contributed by atoms with Crippen molar-refractivity contribution in [1.29, 1.82) is 0 Å². The van der Waals surface area contributed by atoms with Gasteiger partial charge in [-0.1, -0.05) is 36.4 Å². The average molecular weight is 391 g/mol. The van der Waals surface area contributed by atoms with Crippen LogP contribution in [0.5, 0.6) is 5.75 Å². The molecule has 4 aromatic rings. The van der Waals surface area contributed by atoms with Gasteiger partial charge in [-0.05, 0) is 35.2 Å². The lowest BCUT2D eigenvalue weighted by Crippen LogP contribution is -2.32. The lowest BCUT2D eigenvalue weighted by atomic mass is 10.1. The molecule has 2 aromatic heterocycles. The van der Waals surface area contributed by atoms with E-state index in [0.29, 0.717) is 11.3 Å². The number of carbonyl (C=O) groups excluding carboxylic acids is 1. The maximum Gasteiger partial charge on any atom is 0.336 e. The summed E-state index contributed by atoms with van der Waals surface area (Å²) in [7, 11) is 0. The molecule has 4 rings (SSSR count). The van der Waals surface area contributed by atoms with Crippen molar-refractivity contribution in [2.75, 3.05) is 6.61 Å². The zero-order valence-corrected chi connectivity index (χ0v) is 15.6. The molecule has 0 saturated heterocycles. The minimum atomic E-state index is -0.427. The van der Waals surface area contributed by atoms with E-state index in [1.165, 1.54) is 6.07 Å². The molecular formula is C22H17NO4S. The van der Waals surface area contributed by atoms with Gasteiger partial charge in [0, 0.05) is 22.4 Å². The van der Waals surface area contributed by atoms with Crippen LogP contribution in [0.15, 0.2) is 87.4 Å².